The summed E-state index contributed by atoms with van der Waals surface area (Å²) in [5, 5.41) is 3.60. The van der Waals surface area contributed by atoms with Gasteiger partial charge in [0.05, 0.1) is 22.3 Å². The molecule has 0 amide bonds. The second-order valence-corrected chi connectivity index (χ2v) is 7.53. The number of thiophene rings is 1. The normalized spacial score (nSPS) is 20.8. The quantitative estimate of drug-likeness (QED) is 0.903. The Balaban J connectivity index is 1.47. The first-order valence-electron chi connectivity index (χ1n) is 7.55. The molecule has 1 aliphatic heterocycles. The van der Waals surface area contributed by atoms with Crippen molar-refractivity contribution in [3.63, 3.8) is 0 Å². The van der Waals surface area contributed by atoms with E-state index in [4.69, 9.17) is 11.6 Å². The fraction of sp³-hybridized carbons (Fsp3) is 0.438. The van der Waals surface area contributed by atoms with E-state index in [0.717, 1.165) is 41.8 Å². The third-order valence-corrected chi connectivity index (χ3v) is 5.71. The highest BCUT2D eigenvalue weighted by atomic mass is 35.5. The largest absolute Gasteiger partial charge is 0.377 e. The Morgan fingerprint density at radius 1 is 1.29 bits per heavy atom. The fourth-order valence-corrected chi connectivity index (χ4v) is 4.64. The predicted octanol–water partition coefficient (Wildman–Crippen LogP) is 4.50. The van der Waals surface area contributed by atoms with Gasteiger partial charge in [0.25, 0.3) is 0 Å². The maximum absolute atomic E-state index is 6.11. The Morgan fingerprint density at radius 2 is 2.14 bits per heavy atom. The summed E-state index contributed by atoms with van der Waals surface area (Å²) >= 11 is 7.83. The first kappa shape index (κ1) is 13.4. The Labute approximate surface area is 134 Å². The lowest BCUT2D eigenvalue weighted by Crippen LogP contribution is -2.18. The van der Waals surface area contributed by atoms with Crippen LogP contribution in [0.3, 0.4) is 0 Å². The molecule has 1 unspecified atom stereocenters. The molecule has 1 N–H and O–H groups in total. The molecule has 1 atom stereocenters. The molecule has 110 valence electrons. The molecule has 2 aliphatic rings. The van der Waals surface area contributed by atoms with Gasteiger partial charge in [-0.05, 0) is 49.4 Å². The van der Waals surface area contributed by atoms with Gasteiger partial charge in [-0.15, -0.1) is 11.3 Å². The summed E-state index contributed by atoms with van der Waals surface area (Å²) in [6, 6.07) is 6.76. The van der Waals surface area contributed by atoms with Gasteiger partial charge in [0.15, 0.2) is 0 Å². The third-order valence-electron chi connectivity index (χ3n) is 4.37. The van der Waals surface area contributed by atoms with Crippen LogP contribution in [0.15, 0.2) is 24.4 Å². The topological polar surface area (TPSA) is 28.2 Å². The number of nitrogens with zero attached hydrogens (tertiary/aromatic N) is 2. The lowest BCUT2D eigenvalue weighted by atomic mass is 10.1. The van der Waals surface area contributed by atoms with E-state index in [1.165, 1.54) is 23.3 Å². The summed E-state index contributed by atoms with van der Waals surface area (Å²) in [7, 11) is 0. The average Bonchev–Trinajstić information content (AvgIpc) is 3.19. The van der Waals surface area contributed by atoms with Crippen LogP contribution < -0.4 is 10.2 Å². The van der Waals surface area contributed by atoms with Crippen LogP contribution in [0, 0.1) is 0 Å². The van der Waals surface area contributed by atoms with Crippen LogP contribution in [0.2, 0.25) is 4.34 Å². The number of rotatable bonds is 3. The highest BCUT2D eigenvalue weighted by molar-refractivity contribution is 7.16. The van der Waals surface area contributed by atoms with E-state index in [1.807, 2.05) is 6.20 Å². The van der Waals surface area contributed by atoms with Crippen LogP contribution in [0.4, 0.5) is 11.5 Å². The van der Waals surface area contributed by atoms with Gasteiger partial charge in [-0.1, -0.05) is 11.6 Å². The fourth-order valence-electron chi connectivity index (χ4n) is 3.29. The van der Waals surface area contributed by atoms with E-state index in [9.17, 15) is 0 Å². The van der Waals surface area contributed by atoms with Crippen LogP contribution in [0.1, 0.15) is 35.7 Å². The number of aryl methyl sites for hydroxylation is 1. The molecule has 3 nitrogen and oxygen atoms in total. The molecule has 4 rings (SSSR count). The molecule has 2 aromatic heterocycles. The van der Waals surface area contributed by atoms with Crippen LogP contribution >= 0.6 is 22.9 Å². The molecule has 0 bridgehead atoms. The van der Waals surface area contributed by atoms with E-state index in [2.05, 4.69) is 33.4 Å². The smallest absolute Gasteiger partial charge is 0.128 e. The molecule has 5 heteroatoms. The molecule has 21 heavy (non-hydrogen) atoms. The summed E-state index contributed by atoms with van der Waals surface area (Å²) in [5.41, 5.74) is 2.46. The van der Waals surface area contributed by atoms with Crippen molar-refractivity contribution in [3.05, 3.63) is 39.2 Å². The van der Waals surface area contributed by atoms with Crippen LogP contribution in [-0.2, 0) is 6.42 Å². The van der Waals surface area contributed by atoms with Crippen molar-refractivity contribution in [1.82, 2.24) is 4.98 Å². The van der Waals surface area contributed by atoms with Crippen LogP contribution in [-0.4, -0.2) is 18.1 Å². The zero-order chi connectivity index (χ0) is 14.2. The van der Waals surface area contributed by atoms with Gasteiger partial charge in [-0.25, -0.2) is 4.98 Å². The Bertz CT molecular complexity index is 631. The molecular formula is C16H18ClN3S. The first-order chi connectivity index (χ1) is 10.3. The molecule has 0 radical (unpaired) electrons. The molecule has 1 fully saturated rings. The summed E-state index contributed by atoms with van der Waals surface area (Å²) in [6.07, 6.45) is 6.80. The minimum absolute atomic E-state index is 0.378. The van der Waals surface area contributed by atoms with Crippen molar-refractivity contribution >= 4 is 34.4 Å². The number of fused-ring (bicyclic) bond motifs is 1. The van der Waals surface area contributed by atoms with Gasteiger partial charge < -0.3 is 10.2 Å². The molecule has 0 spiro atoms. The highest BCUT2D eigenvalue weighted by Crippen LogP contribution is 2.40. The van der Waals surface area contributed by atoms with Crippen molar-refractivity contribution in [2.75, 3.05) is 23.3 Å². The Morgan fingerprint density at radius 3 is 2.90 bits per heavy atom. The zero-order valence-electron chi connectivity index (χ0n) is 11.8. The number of pyridine rings is 1. The average molecular weight is 320 g/mol. The minimum atomic E-state index is 0.378. The first-order valence-corrected chi connectivity index (χ1v) is 8.75. The second kappa shape index (κ2) is 5.50. The van der Waals surface area contributed by atoms with Gasteiger partial charge in [0.2, 0.25) is 0 Å². The lowest BCUT2D eigenvalue weighted by Gasteiger charge is -2.18. The summed E-state index contributed by atoms with van der Waals surface area (Å²) < 4.78 is 0.897. The highest BCUT2D eigenvalue weighted by Gasteiger charge is 2.25. The van der Waals surface area contributed by atoms with Gasteiger partial charge >= 0.3 is 0 Å². The van der Waals surface area contributed by atoms with Crippen LogP contribution in [0.5, 0.6) is 0 Å². The van der Waals surface area contributed by atoms with Crippen molar-refractivity contribution in [2.24, 2.45) is 0 Å². The molecule has 0 saturated carbocycles. The van der Waals surface area contributed by atoms with Crippen molar-refractivity contribution < 1.29 is 0 Å². The lowest BCUT2D eigenvalue weighted by molar-refractivity contribution is 0.761. The molecule has 1 saturated heterocycles. The van der Waals surface area contributed by atoms with E-state index >= 15 is 0 Å². The monoisotopic (exact) mass is 319 g/mol. The Kier molecular flexibility index (Phi) is 3.51. The maximum atomic E-state index is 6.11. The molecule has 1 aliphatic carbocycles. The van der Waals surface area contributed by atoms with Gasteiger partial charge in [-0.2, -0.15) is 0 Å². The third kappa shape index (κ3) is 2.62. The van der Waals surface area contributed by atoms with E-state index in [-0.39, 0.29) is 0 Å². The summed E-state index contributed by atoms with van der Waals surface area (Å²) in [5.74, 6) is 1.10. The SMILES string of the molecule is Clc1cc2c(s1)CCC2Nc1ccc(N2CCCC2)nc1. The standard InChI is InChI=1S/C16H18ClN3S/c17-15-9-12-13(4-5-14(12)21-15)19-11-3-6-16(18-10-11)20-7-1-2-8-20/h3,6,9-10,13,19H,1-2,4-5,7-8H2. The van der Waals surface area contributed by atoms with Gasteiger partial charge in [0, 0.05) is 18.0 Å². The second-order valence-electron chi connectivity index (χ2n) is 5.76. The summed E-state index contributed by atoms with van der Waals surface area (Å²) in [4.78, 5) is 8.39. The number of halogens is 1. The minimum Gasteiger partial charge on any atom is -0.377 e. The zero-order valence-corrected chi connectivity index (χ0v) is 13.4. The van der Waals surface area contributed by atoms with Crippen molar-refractivity contribution in [3.8, 4) is 0 Å². The van der Waals surface area contributed by atoms with Crippen molar-refractivity contribution in [2.45, 2.75) is 31.7 Å². The van der Waals surface area contributed by atoms with E-state index in [1.54, 1.807) is 11.3 Å². The molecule has 3 heterocycles. The predicted molar refractivity (Wildman–Crippen MR) is 89.7 cm³/mol. The van der Waals surface area contributed by atoms with E-state index in [0.29, 0.717) is 6.04 Å². The number of anilines is 2. The summed E-state index contributed by atoms with van der Waals surface area (Å²) in [6.45, 7) is 2.28. The number of aromatic nitrogens is 1. The number of hydrogen-bond donors (Lipinski definition) is 1. The maximum Gasteiger partial charge on any atom is 0.128 e. The molecule has 2 aromatic rings. The Hall–Kier alpha value is -1.26. The van der Waals surface area contributed by atoms with E-state index < -0.39 is 0 Å². The molecule has 0 aromatic carbocycles. The van der Waals surface area contributed by atoms with Crippen LogP contribution in [0.25, 0.3) is 0 Å². The van der Waals surface area contributed by atoms with Crippen molar-refractivity contribution in [1.29, 1.82) is 0 Å². The number of hydrogen-bond acceptors (Lipinski definition) is 4. The van der Waals surface area contributed by atoms with Gasteiger partial charge in [0.1, 0.15) is 5.82 Å². The molecular weight excluding hydrogens is 302 g/mol. The van der Waals surface area contributed by atoms with Gasteiger partial charge in [-0.3, -0.25) is 0 Å². The number of nitrogens with one attached hydrogen (secondary N) is 1.